The number of hydrogen-bond acceptors (Lipinski definition) is 2. The number of aryl methyl sites for hydroxylation is 2. The van der Waals surface area contributed by atoms with Gasteiger partial charge in [-0.2, -0.15) is 0 Å². The number of rotatable bonds is 7. The van der Waals surface area contributed by atoms with Crippen molar-refractivity contribution >= 4 is 5.91 Å². The van der Waals surface area contributed by atoms with Crippen LogP contribution in [-0.4, -0.2) is 18.6 Å². The highest BCUT2D eigenvalue weighted by molar-refractivity contribution is 5.81. The Bertz CT molecular complexity index is 757. The van der Waals surface area contributed by atoms with Gasteiger partial charge in [0, 0.05) is 6.54 Å². The summed E-state index contributed by atoms with van der Waals surface area (Å²) in [5.41, 5.74) is 3.73. The molecule has 0 saturated heterocycles. The van der Waals surface area contributed by atoms with Gasteiger partial charge >= 0.3 is 0 Å². The van der Waals surface area contributed by atoms with Crippen molar-refractivity contribution < 1.29 is 13.9 Å². The molecular formula is C22H26FNO2. The summed E-state index contributed by atoms with van der Waals surface area (Å²) in [6.07, 6.45) is 3.51. The molecule has 0 heterocycles. The molecule has 2 unspecified atom stereocenters. The molecule has 2 atom stereocenters. The number of carbonyl (C=O) groups excluding carboxylic acids is 1. The maximum Gasteiger partial charge on any atom is 0.261 e. The van der Waals surface area contributed by atoms with Crippen molar-refractivity contribution in [3.8, 4) is 5.75 Å². The third-order valence-electron chi connectivity index (χ3n) is 5.03. The lowest BCUT2D eigenvalue weighted by Crippen LogP contribution is -2.39. The molecule has 0 aromatic heterocycles. The summed E-state index contributed by atoms with van der Waals surface area (Å²) in [5.74, 6) is 0.511. The highest BCUT2D eigenvalue weighted by Gasteiger charge is 2.20. The van der Waals surface area contributed by atoms with Crippen molar-refractivity contribution in [3.63, 3.8) is 0 Å². The molecule has 0 aliphatic heterocycles. The number of carbonyl (C=O) groups is 1. The third kappa shape index (κ3) is 4.43. The van der Waals surface area contributed by atoms with E-state index < -0.39 is 6.10 Å². The van der Waals surface area contributed by atoms with Crippen molar-refractivity contribution in [2.75, 3.05) is 6.54 Å². The van der Waals surface area contributed by atoms with Crippen LogP contribution in [0.3, 0.4) is 0 Å². The van der Waals surface area contributed by atoms with Gasteiger partial charge in [-0.1, -0.05) is 32.0 Å². The van der Waals surface area contributed by atoms with Crippen molar-refractivity contribution in [2.45, 2.75) is 51.6 Å². The van der Waals surface area contributed by atoms with E-state index in [0.717, 1.165) is 24.2 Å². The van der Waals surface area contributed by atoms with E-state index in [2.05, 4.69) is 17.4 Å². The van der Waals surface area contributed by atoms with Crippen LogP contribution in [0.1, 0.15) is 49.3 Å². The Labute approximate surface area is 154 Å². The van der Waals surface area contributed by atoms with Gasteiger partial charge < -0.3 is 10.1 Å². The first-order valence-electron chi connectivity index (χ1n) is 9.38. The zero-order valence-corrected chi connectivity index (χ0v) is 15.4. The normalized spacial score (nSPS) is 15.2. The Hall–Kier alpha value is -2.36. The first-order valence-corrected chi connectivity index (χ1v) is 9.38. The Morgan fingerprint density at radius 3 is 2.62 bits per heavy atom. The Kier molecular flexibility index (Phi) is 5.92. The summed E-state index contributed by atoms with van der Waals surface area (Å²) < 4.78 is 19.0. The summed E-state index contributed by atoms with van der Waals surface area (Å²) in [5, 5.41) is 2.96. The average Bonchev–Trinajstić information content (AvgIpc) is 3.12. The van der Waals surface area contributed by atoms with Crippen LogP contribution in [0.4, 0.5) is 4.39 Å². The molecule has 1 amide bonds. The minimum atomic E-state index is -0.505. The number of hydrogen-bond donors (Lipinski definition) is 1. The molecule has 3 nitrogen and oxygen atoms in total. The largest absolute Gasteiger partial charge is 0.481 e. The lowest BCUT2D eigenvalue weighted by molar-refractivity contribution is -0.128. The van der Waals surface area contributed by atoms with E-state index in [4.69, 9.17) is 4.74 Å². The number of amides is 1. The fourth-order valence-corrected chi connectivity index (χ4v) is 3.38. The summed E-state index contributed by atoms with van der Waals surface area (Å²) in [6, 6.07) is 12.5. The van der Waals surface area contributed by atoms with Crippen LogP contribution in [-0.2, 0) is 17.6 Å². The molecule has 3 rings (SSSR count). The van der Waals surface area contributed by atoms with Crippen LogP contribution >= 0.6 is 0 Å². The van der Waals surface area contributed by atoms with Gasteiger partial charge in [0.2, 0.25) is 0 Å². The van der Waals surface area contributed by atoms with Crippen LogP contribution in [0.2, 0.25) is 0 Å². The van der Waals surface area contributed by atoms with Crippen molar-refractivity contribution in [1.29, 1.82) is 0 Å². The molecule has 138 valence electrons. The van der Waals surface area contributed by atoms with Gasteiger partial charge in [0.15, 0.2) is 6.10 Å². The molecule has 1 aliphatic rings. The topological polar surface area (TPSA) is 38.3 Å². The van der Waals surface area contributed by atoms with Gasteiger partial charge in [0.05, 0.1) is 0 Å². The number of benzene rings is 2. The van der Waals surface area contributed by atoms with Crippen LogP contribution in [0, 0.1) is 5.82 Å². The lowest BCUT2D eigenvalue weighted by atomic mass is 10.0. The van der Waals surface area contributed by atoms with Gasteiger partial charge in [-0.15, -0.1) is 0 Å². The summed E-state index contributed by atoms with van der Waals surface area (Å²) in [7, 11) is 0. The second-order valence-electron chi connectivity index (χ2n) is 7.00. The minimum absolute atomic E-state index is 0.108. The second kappa shape index (κ2) is 8.35. The molecule has 0 radical (unpaired) electrons. The first kappa shape index (κ1) is 18.4. The van der Waals surface area contributed by atoms with E-state index in [1.54, 1.807) is 12.1 Å². The zero-order valence-electron chi connectivity index (χ0n) is 15.4. The maximum absolute atomic E-state index is 13.0. The molecule has 0 fully saturated rings. The lowest BCUT2D eigenvalue weighted by Gasteiger charge is -2.19. The molecule has 0 bridgehead atoms. The molecule has 0 spiro atoms. The average molecular weight is 355 g/mol. The first-order chi connectivity index (χ1) is 12.6. The summed E-state index contributed by atoms with van der Waals surface area (Å²) in [6.45, 7) is 4.45. The molecule has 1 aliphatic carbocycles. The molecule has 2 aromatic carbocycles. The van der Waals surface area contributed by atoms with E-state index >= 15 is 0 Å². The van der Waals surface area contributed by atoms with Gasteiger partial charge in [-0.05, 0) is 72.6 Å². The predicted octanol–water partition coefficient (Wildman–Crippen LogP) is 4.39. The van der Waals surface area contributed by atoms with Crippen molar-refractivity contribution in [3.05, 3.63) is 65.0 Å². The highest BCUT2D eigenvalue weighted by atomic mass is 19.1. The molecule has 26 heavy (non-hydrogen) atoms. The fourth-order valence-electron chi connectivity index (χ4n) is 3.38. The Morgan fingerprint density at radius 1 is 1.15 bits per heavy atom. The minimum Gasteiger partial charge on any atom is -0.481 e. The fraction of sp³-hybridized carbons (Fsp3) is 0.409. The van der Waals surface area contributed by atoms with Gasteiger partial charge in [0.25, 0.3) is 5.91 Å². The van der Waals surface area contributed by atoms with E-state index in [1.807, 2.05) is 19.9 Å². The number of nitrogens with one attached hydrogen (secondary N) is 1. The van der Waals surface area contributed by atoms with Crippen molar-refractivity contribution in [1.82, 2.24) is 5.32 Å². The monoisotopic (exact) mass is 355 g/mol. The van der Waals surface area contributed by atoms with E-state index in [1.165, 1.54) is 29.7 Å². The molecule has 4 heteroatoms. The molecule has 0 saturated carbocycles. The van der Waals surface area contributed by atoms with Crippen LogP contribution < -0.4 is 10.1 Å². The predicted molar refractivity (Wildman–Crippen MR) is 101 cm³/mol. The quantitative estimate of drug-likeness (QED) is 0.800. The zero-order chi connectivity index (χ0) is 18.5. The molecular weight excluding hydrogens is 329 g/mol. The third-order valence-corrected chi connectivity index (χ3v) is 5.03. The van der Waals surface area contributed by atoms with E-state index in [9.17, 15) is 9.18 Å². The van der Waals surface area contributed by atoms with E-state index in [0.29, 0.717) is 13.0 Å². The number of ether oxygens (including phenoxy) is 1. The van der Waals surface area contributed by atoms with E-state index in [-0.39, 0.29) is 17.6 Å². The molecule has 2 aromatic rings. The van der Waals surface area contributed by atoms with Crippen LogP contribution in [0.5, 0.6) is 5.75 Å². The SMILES string of the molecule is CCC(Oc1ccc2c(c1)CCC2)C(=O)NCC(C)c1ccc(F)cc1. The maximum atomic E-state index is 13.0. The Morgan fingerprint density at radius 2 is 1.88 bits per heavy atom. The standard InChI is InChI=1S/C22H26FNO2/c1-3-21(26-20-12-9-17-5-4-6-18(17)13-20)22(25)24-14-15(2)16-7-10-19(23)11-8-16/h7-13,15,21H,3-6,14H2,1-2H3,(H,24,25). The smallest absolute Gasteiger partial charge is 0.261 e. The molecule has 1 N–H and O–H groups in total. The van der Waals surface area contributed by atoms with Crippen molar-refractivity contribution in [2.24, 2.45) is 0 Å². The van der Waals surface area contributed by atoms with Crippen LogP contribution in [0.25, 0.3) is 0 Å². The van der Waals surface area contributed by atoms with Gasteiger partial charge in [-0.3, -0.25) is 4.79 Å². The Balaban J connectivity index is 1.56. The van der Waals surface area contributed by atoms with Crippen LogP contribution in [0.15, 0.2) is 42.5 Å². The summed E-state index contributed by atoms with van der Waals surface area (Å²) in [4.78, 5) is 12.5. The summed E-state index contributed by atoms with van der Waals surface area (Å²) >= 11 is 0. The second-order valence-corrected chi connectivity index (χ2v) is 7.00. The highest BCUT2D eigenvalue weighted by Crippen LogP contribution is 2.26. The number of halogens is 1. The van der Waals surface area contributed by atoms with Gasteiger partial charge in [-0.25, -0.2) is 4.39 Å². The van der Waals surface area contributed by atoms with Gasteiger partial charge in [0.1, 0.15) is 11.6 Å². The number of fused-ring (bicyclic) bond motifs is 1.